The molecule has 0 heteroatoms. The van der Waals surface area contributed by atoms with Gasteiger partial charge in [0.25, 0.3) is 0 Å². The van der Waals surface area contributed by atoms with Crippen molar-refractivity contribution in [2.45, 2.75) is 6.42 Å². The van der Waals surface area contributed by atoms with Gasteiger partial charge in [-0.1, -0.05) is 43.0 Å². The van der Waals surface area contributed by atoms with Crippen molar-refractivity contribution in [1.29, 1.82) is 0 Å². The standard InChI is InChI=1S/C11H14/c1-3-5-7-11-9-6-8-10(11)4-2/h3-7,9-11H,1-2,8H2/b7-5-/t10-,11+/m0/s1. The Kier molecular flexibility index (Phi) is 2.91. The summed E-state index contributed by atoms with van der Waals surface area (Å²) < 4.78 is 0. The third-order valence-electron chi connectivity index (χ3n) is 2.03. The molecule has 0 aromatic heterocycles. The van der Waals surface area contributed by atoms with Crippen molar-refractivity contribution >= 4 is 0 Å². The van der Waals surface area contributed by atoms with Crippen molar-refractivity contribution in [1.82, 2.24) is 0 Å². The van der Waals surface area contributed by atoms with E-state index < -0.39 is 0 Å². The molecule has 0 N–H and O–H groups in total. The van der Waals surface area contributed by atoms with Crippen LogP contribution in [0.1, 0.15) is 6.42 Å². The maximum absolute atomic E-state index is 3.80. The quantitative estimate of drug-likeness (QED) is 0.424. The fourth-order valence-electron chi connectivity index (χ4n) is 1.36. The van der Waals surface area contributed by atoms with E-state index in [1.807, 2.05) is 18.2 Å². The lowest BCUT2D eigenvalue weighted by Crippen LogP contribution is -2.00. The van der Waals surface area contributed by atoms with Crippen LogP contribution in [-0.4, -0.2) is 0 Å². The first-order valence-electron chi connectivity index (χ1n) is 3.97. The van der Waals surface area contributed by atoms with Crippen LogP contribution in [0.2, 0.25) is 0 Å². The van der Waals surface area contributed by atoms with Gasteiger partial charge < -0.3 is 0 Å². The molecule has 1 aliphatic rings. The summed E-state index contributed by atoms with van der Waals surface area (Å²) in [5, 5.41) is 0. The fraction of sp³-hybridized carbons (Fsp3) is 0.273. The summed E-state index contributed by atoms with van der Waals surface area (Å²) in [5.74, 6) is 1.15. The summed E-state index contributed by atoms with van der Waals surface area (Å²) in [6, 6.07) is 0. The number of hydrogen-bond donors (Lipinski definition) is 0. The van der Waals surface area contributed by atoms with Gasteiger partial charge in [-0.2, -0.15) is 0 Å². The van der Waals surface area contributed by atoms with Crippen LogP contribution >= 0.6 is 0 Å². The normalized spacial score (nSPS) is 29.5. The van der Waals surface area contributed by atoms with Crippen LogP contribution in [0.5, 0.6) is 0 Å². The molecule has 1 rings (SSSR count). The average Bonchev–Trinajstić information content (AvgIpc) is 2.47. The van der Waals surface area contributed by atoms with E-state index >= 15 is 0 Å². The number of allylic oxidation sites excluding steroid dienone is 6. The average molecular weight is 146 g/mol. The molecule has 0 fully saturated rings. The highest BCUT2D eigenvalue weighted by Crippen LogP contribution is 2.26. The second-order valence-corrected chi connectivity index (χ2v) is 2.76. The van der Waals surface area contributed by atoms with E-state index in [0.29, 0.717) is 11.8 Å². The van der Waals surface area contributed by atoms with E-state index in [9.17, 15) is 0 Å². The summed E-state index contributed by atoms with van der Waals surface area (Å²) in [4.78, 5) is 0. The van der Waals surface area contributed by atoms with Gasteiger partial charge in [0.15, 0.2) is 0 Å². The molecule has 0 spiro atoms. The molecule has 0 aromatic rings. The SMILES string of the molecule is C=C/C=C\[C@@H]1C=CC[C@@H]1C=C. The molecular weight excluding hydrogens is 132 g/mol. The molecular formula is C11H14. The Hall–Kier alpha value is -1.04. The second kappa shape index (κ2) is 3.97. The molecule has 0 amide bonds. The largest absolute Gasteiger partial charge is 0.103 e. The van der Waals surface area contributed by atoms with Crippen LogP contribution < -0.4 is 0 Å². The maximum Gasteiger partial charge on any atom is 0.00154 e. The van der Waals surface area contributed by atoms with Crippen LogP contribution in [0.15, 0.2) is 49.6 Å². The predicted molar refractivity (Wildman–Crippen MR) is 50.3 cm³/mol. The Morgan fingerprint density at radius 2 is 2.18 bits per heavy atom. The first-order valence-corrected chi connectivity index (χ1v) is 3.97. The molecule has 0 saturated heterocycles. The molecule has 1 aliphatic carbocycles. The van der Waals surface area contributed by atoms with Gasteiger partial charge in [0.1, 0.15) is 0 Å². The Bertz CT molecular complexity index is 196. The summed E-state index contributed by atoms with van der Waals surface area (Å²) >= 11 is 0. The van der Waals surface area contributed by atoms with Crippen LogP contribution in [0.3, 0.4) is 0 Å². The topological polar surface area (TPSA) is 0 Å². The van der Waals surface area contributed by atoms with Crippen molar-refractivity contribution in [3.8, 4) is 0 Å². The zero-order valence-electron chi connectivity index (χ0n) is 6.74. The smallest absolute Gasteiger partial charge is 0.00154 e. The zero-order chi connectivity index (χ0) is 8.10. The van der Waals surface area contributed by atoms with Crippen molar-refractivity contribution in [3.05, 3.63) is 49.6 Å². The minimum atomic E-state index is 0.547. The molecule has 0 heterocycles. The summed E-state index contributed by atoms with van der Waals surface area (Å²) in [7, 11) is 0. The van der Waals surface area contributed by atoms with Gasteiger partial charge in [-0.05, 0) is 12.3 Å². The maximum atomic E-state index is 3.80. The Morgan fingerprint density at radius 1 is 1.36 bits per heavy atom. The fourth-order valence-corrected chi connectivity index (χ4v) is 1.36. The van der Waals surface area contributed by atoms with Gasteiger partial charge in [0, 0.05) is 5.92 Å². The van der Waals surface area contributed by atoms with E-state index in [1.165, 1.54) is 0 Å². The van der Waals surface area contributed by atoms with Gasteiger partial charge >= 0.3 is 0 Å². The Morgan fingerprint density at radius 3 is 2.82 bits per heavy atom. The lowest BCUT2D eigenvalue weighted by atomic mass is 9.95. The number of rotatable bonds is 3. The molecule has 58 valence electrons. The van der Waals surface area contributed by atoms with Gasteiger partial charge in [-0.15, -0.1) is 6.58 Å². The lowest BCUT2D eigenvalue weighted by Gasteiger charge is -2.09. The van der Waals surface area contributed by atoms with Crippen LogP contribution in [-0.2, 0) is 0 Å². The highest BCUT2D eigenvalue weighted by molar-refractivity contribution is 5.15. The van der Waals surface area contributed by atoms with Gasteiger partial charge in [0.2, 0.25) is 0 Å². The first kappa shape index (κ1) is 8.06. The van der Waals surface area contributed by atoms with Crippen molar-refractivity contribution in [3.63, 3.8) is 0 Å². The van der Waals surface area contributed by atoms with Gasteiger partial charge in [-0.25, -0.2) is 0 Å². The minimum Gasteiger partial charge on any atom is -0.103 e. The molecule has 0 nitrogen and oxygen atoms in total. The Balaban J connectivity index is 2.55. The molecule has 0 radical (unpaired) electrons. The first-order chi connectivity index (χ1) is 5.38. The molecule has 0 aromatic carbocycles. The second-order valence-electron chi connectivity index (χ2n) is 2.76. The predicted octanol–water partition coefficient (Wildman–Crippen LogP) is 3.11. The van der Waals surface area contributed by atoms with Crippen molar-refractivity contribution in [2.24, 2.45) is 11.8 Å². The molecule has 11 heavy (non-hydrogen) atoms. The minimum absolute atomic E-state index is 0.547. The number of hydrogen-bond acceptors (Lipinski definition) is 0. The van der Waals surface area contributed by atoms with E-state index in [0.717, 1.165) is 6.42 Å². The van der Waals surface area contributed by atoms with Crippen molar-refractivity contribution in [2.75, 3.05) is 0 Å². The Labute approximate surface area is 68.6 Å². The van der Waals surface area contributed by atoms with E-state index in [4.69, 9.17) is 0 Å². The zero-order valence-corrected chi connectivity index (χ0v) is 6.74. The highest BCUT2D eigenvalue weighted by Gasteiger charge is 2.15. The monoisotopic (exact) mass is 146 g/mol. The molecule has 0 saturated carbocycles. The van der Waals surface area contributed by atoms with Crippen LogP contribution in [0, 0.1) is 11.8 Å². The molecule has 2 atom stereocenters. The third kappa shape index (κ3) is 1.94. The molecule has 0 unspecified atom stereocenters. The molecule has 0 aliphatic heterocycles. The highest BCUT2D eigenvalue weighted by atomic mass is 14.2. The van der Waals surface area contributed by atoms with Crippen LogP contribution in [0.25, 0.3) is 0 Å². The van der Waals surface area contributed by atoms with E-state index in [-0.39, 0.29) is 0 Å². The van der Waals surface area contributed by atoms with Crippen molar-refractivity contribution < 1.29 is 0 Å². The van der Waals surface area contributed by atoms with Gasteiger partial charge in [0.05, 0.1) is 0 Å². The van der Waals surface area contributed by atoms with Crippen LogP contribution in [0.4, 0.5) is 0 Å². The van der Waals surface area contributed by atoms with Gasteiger partial charge in [-0.3, -0.25) is 0 Å². The lowest BCUT2D eigenvalue weighted by molar-refractivity contribution is 0.604. The molecule has 0 bridgehead atoms. The van der Waals surface area contributed by atoms with E-state index in [1.54, 1.807) is 0 Å². The van der Waals surface area contributed by atoms with E-state index in [2.05, 4.69) is 31.4 Å². The summed E-state index contributed by atoms with van der Waals surface area (Å²) in [6.45, 7) is 7.44. The summed E-state index contributed by atoms with van der Waals surface area (Å²) in [5.41, 5.74) is 0. The third-order valence-corrected chi connectivity index (χ3v) is 2.03. The summed E-state index contributed by atoms with van der Waals surface area (Å²) in [6.07, 6.45) is 13.6.